The molecule has 2 amide bonds. The third kappa shape index (κ3) is 4.14. The van der Waals surface area contributed by atoms with Gasteiger partial charge in [-0.25, -0.2) is 0 Å². The van der Waals surface area contributed by atoms with Crippen molar-refractivity contribution < 1.29 is 14.1 Å². The molecule has 4 rings (SSSR count). The number of carbonyl (C=O) groups is 2. The number of benzene rings is 2. The van der Waals surface area contributed by atoms with Crippen LogP contribution in [0.3, 0.4) is 0 Å². The van der Waals surface area contributed by atoms with Crippen LogP contribution in [-0.4, -0.2) is 23.0 Å². The molecule has 0 saturated carbocycles. The topological polar surface area (TPSA) is 84.2 Å². The number of fused-ring (bicyclic) bond motifs is 1. The Morgan fingerprint density at radius 3 is 2.86 bits per heavy atom. The monoisotopic (exact) mass is 439 g/mol. The molecule has 1 atom stereocenters. The number of rotatable bonds is 4. The predicted octanol–water partition coefficient (Wildman–Crippen LogP) is 3.71. The van der Waals surface area contributed by atoms with Gasteiger partial charge in [-0.05, 0) is 42.2 Å². The minimum Gasteiger partial charge on any atom is -0.360 e. The molecule has 1 aliphatic rings. The minimum atomic E-state index is -0.632. The van der Waals surface area contributed by atoms with Gasteiger partial charge in [0, 0.05) is 22.6 Å². The van der Waals surface area contributed by atoms with Gasteiger partial charge in [0.15, 0.2) is 5.69 Å². The van der Waals surface area contributed by atoms with Crippen molar-refractivity contribution in [2.24, 2.45) is 0 Å². The lowest BCUT2D eigenvalue weighted by molar-refractivity contribution is -0.118. The van der Waals surface area contributed by atoms with Crippen molar-refractivity contribution in [1.29, 1.82) is 0 Å². The Hall–Kier alpha value is -2.93. The van der Waals surface area contributed by atoms with Gasteiger partial charge in [0.1, 0.15) is 11.8 Å². The maximum absolute atomic E-state index is 12.5. The number of carbonyl (C=O) groups excluding carboxylic acids is 2. The van der Waals surface area contributed by atoms with E-state index in [1.807, 2.05) is 48.5 Å². The molecular weight excluding hydrogens is 422 g/mol. The van der Waals surface area contributed by atoms with Crippen molar-refractivity contribution in [2.45, 2.75) is 25.3 Å². The highest BCUT2D eigenvalue weighted by atomic mass is 79.9. The van der Waals surface area contributed by atoms with E-state index < -0.39 is 11.9 Å². The number of aryl methyl sites for hydroxylation is 1. The molecular formula is C21H18BrN3O3. The Balaban J connectivity index is 1.42. The van der Waals surface area contributed by atoms with Crippen molar-refractivity contribution in [3.63, 3.8) is 0 Å². The Bertz CT molecular complexity index is 1020. The van der Waals surface area contributed by atoms with Gasteiger partial charge in [0.2, 0.25) is 5.91 Å². The van der Waals surface area contributed by atoms with E-state index >= 15 is 0 Å². The molecule has 0 fully saturated rings. The van der Waals surface area contributed by atoms with Crippen LogP contribution in [0.1, 0.15) is 33.8 Å². The second kappa shape index (κ2) is 7.98. The first kappa shape index (κ1) is 18.4. The highest BCUT2D eigenvalue weighted by molar-refractivity contribution is 9.10. The highest BCUT2D eigenvalue weighted by Crippen LogP contribution is 2.25. The molecule has 7 heteroatoms. The summed E-state index contributed by atoms with van der Waals surface area (Å²) >= 11 is 3.44. The van der Waals surface area contributed by atoms with E-state index in [9.17, 15) is 9.59 Å². The van der Waals surface area contributed by atoms with Gasteiger partial charge in [-0.15, -0.1) is 0 Å². The van der Waals surface area contributed by atoms with E-state index in [0.717, 1.165) is 21.3 Å². The summed E-state index contributed by atoms with van der Waals surface area (Å²) in [6.07, 6.45) is 1.74. The Labute approximate surface area is 170 Å². The zero-order valence-electron chi connectivity index (χ0n) is 14.9. The van der Waals surface area contributed by atoms with Crippen molar-refractivity contribution in [2.75, 3.05) is 5.32 Å². The van der Waals surface area contributed by atoms with Crippen LogP contribution in [0.4, 0.5) is 5.69 Å². The Morgan fingerprint density at radius 2 is 2.04 bits per heavy atom. The van der Waals surface area contributed by atoms with Gasteiger partial charge in [-0.3, -0.25) is 9.59 Å². The molecule has 1 unspecified atom stereocenters. The number of aromatic nitrogens is 1. The molecule has 2 aromatic carbocycles. The van der Waals surface area contributed by atoms with Crippen LogP contribution in [0.15, 0.2) is 63.6 Å². The molecule has 0 radical (unpaired) electrons. The first-order valence-corrected chi connectivity index (χ1v) is 9.77. The standard InChI is InChI=1S/C21H18BrN3O3/c22-15-7-9-17-14(11-15)6-8-18(20(26)23-17)24-21(27)19-12-16(28-25-19)10-13-4-2-1-3-5-13/h1-5,7,9,11-12,18H,6,8,10H2,(H,23,26)(H,24,27). The van der Waals surface area contributed by atoms with Crippen LogP contribution in [0.5, 0.6) is 0 Å². The van der Waals surface area contributed by atoms with Gasteiger partial charge in [0.25, 0.3) is 5.91 Å². The van der Waals surface area contributed by atoms with Crippen LogP contribution in [0, 0.1) is 0 Å². The summed E-state index contributed by atoms with van der Waals surface area (Å²) in [6, 6.07) is 16.5. The fourth-order valence-electron chi connectivity index (χ4n) is 3.21. The number of hydrogen-bond donors (Lipinski definition) is 2. The molecule has 6 nitrogen and oxygen atoms in total. The molecule has 28 heavy (non-hydrogen) atoms. The normalized spacial score (nSPS) is 16.0. The molecule has 0 aliphatic carbocycles. The van der Waals surface area contributed by atoms with Crippen molar-refractivity contribution in [3.05, 3.63) is 81.7 Å². The minimum absolute atomic E-state index is 0.170. The predicted molar refractivity (Wildman–Crippen MR) is 108 cm³/mol. The van der Waals surface area contributed by atoms with E-state index in [1.165, 1.54) is 0 Å². The van der Waals surface area contributed by atoms with Gasteiger partial charge in [-0.2, -0.15) is 0 Å². The van der Waals surface area contributed by atoms with Crippen LogP contribution in [-0.2, 0) is 17.6 Å². The van der Waals surface area contributed by atoms with Crippen LogP contribution >= 0.6 is 15.9 Å². The summed E-state index contributed by atoms with van der Waals surface area (Å²) < 4.78 is 6.23. The molecule has 0 saturated heterocycles. The van der Waals surface area contributed by atoms with Gasteiger partial charge in [0.05, 0.1) is 0 Å². The maximum atomic E-state index is 12.5. The van der Waals surface area contributed by atoms with E-state index in [4.69, 9.17) is 4.52 Å². The van der Waals surface area contributed by atoms with Crippen LogP contribution < -0.4 is 10.6 Å². The lowest BCUT2D eigenvalue weighted by Crippen LogP contribution is -2.43. The second-order valence-corrected chi connectivity index (χ2v) is 7.61. The molecule has 1 aliphatic heterocycles. The lowest BCUT2D eigenvalue weighted by Gasteiger charge is -2.14. The molecule has 2 N–H and O–H groups in total. The number of anilines is 1. The molecule has 0 bridgehead atoms. The molecule has 0 spiro atoms. The van der Waals surface area contributed by atoms with Crippen molar-refractivity contribution >= 4 is 33.4 Å². The number of nitrogens with one attached hydrogen (secondary N) is 2. The first-order valence-electron chi connectivity index (χ1n) is 8.98. The first-order chi connectivity index (χ1) is 13.6. The maximum Gasteiger partial charge on any atom is 0.274 e. The van der Waals surface area contributed by atoms with Gasteiger partial charge < -0.3 is 15.2 Å². The van der Waals surface area contributed by atoms with Gasteiger partial charge in [-0.1, -0.05) is 51.4 Å². The van der Waals surface area contributed by atoms with Crippen molar-refractivity contribution in [3.8, 4) is 0 Å². The average Bonchev–Trinajstić information content (AvgIpc) is 3.10. The summed E-state index contributed by atoms with van der Waals surface area (Å²) in [7, 11) is 0. The second-order valence-electron chi connectivity index (χ2n) is 6.70. The quantitative estimate of drug-likeness (QED) is 0.648. The van der Waals surface area contributed by atoms with E-state index in [0.29, 0.717) is 25.0 Å². The van der Waals surface area contributed by atoms with E-state index in [2.05, 4.69) is 31.7 Å². The average molecular weight is 440 g/mol. The lowest BCUT2D eigenvalue weighted by atomic mass is 10.1. The number of amides is 2. The molecule has 142 valence electrons. The number of halogens is 1. The Kier molecular flexibility index (Phi) is 5.25. The third-order valence-corrected chi connectivity index (χ3v) is 5.16. The van der Waals surface area contributed by atoms with Gasteiger partial charge >= 0.3 is 0 Å². The largest absolute Gasteiger partial charge is 0.360 e. The Morgan fingerprint density at radius 1 is 1.21 bits per heavy atom. The smallest absolute Gasteiger partial charge is 0.274 e. The van der Waals surface area contributed by atoms with E-state index in [1.54, 1.807) is 6.07 Å². The third-order valence-electron chi connectivity index (χ3n) is 4.66. The molecule has 2 heterocycles. The summed E-state index contributed by atoms with van der Waals surface area (Å²) in [5.74, 6) is -0.0586. The summed E-state index contributed by atoms with van der Waals surface area (Å²) in [5, 5.41) is 9.49. The van der Waals surface area contributed by atoms with Crippen molar-refractivity contribution in [1.82, 2.24) is 10.5 Å². The summed E-state index contributed by atoms with van der Waals surface area (Å²) in [4.78, 5) is 25.0. The zero-order chi connectivity index (χ0) is 19.5. The SMILES string of the molecule is O=C(NC1CCc2cc(Br)ccc2NC1=O)c1cc(Cc2ccccc2)on1. The van der Waals surface area contributed by atoms with Crippen LogP contribution in [0.25, 0.3) is 0 Å². The highest BCUT2D eigenvalue weighted by Gasteiger charge is 2.26. The number of nitrogens with zero attached hydrogens (tertiary/aromatic N) is 1. The summed E-state index contributed by atoms with van der Waals surface area (Å²) in [6.45, 7) is 0. The molecule has 3 aromatic rings. The zero-order valence-corrected chi connectivity index (χ0v) is 16.5. The summed E-state index contributed by atoms with van der Waals surface area (Å²) in [5.41, 5.74) is 3.04. The fourth-order valence-corrected chi connectivity index (χ4v) is 3.62. The number of hydrogen-bond acceptors (Lipinski definition) is 4. The van der Waals surface area contributed by atoms with Crippen LogP contribution in [0.2, 0.25) is 0 Å². The molecule has 1 aromatic heterocycles. The van der Waals surface area contributed by atoms with E-state index in [-0.39, 0.29) is 11.6 Å². The fraction of sp³-hybridized carbons (Fsp3) is 0.190.